The Kier molecular flexibility index (Phi) is 26.0. The predicted octanol–water partition coefficient (Wildman–Crippen LogP) is -1.04. The van der Waals surface area contributed by atoms with E-state index >= 15 is 0 Å². The summed E-state index contributed by atoms with van der Waals surface area (Å²) in [6, 6.07) is -8.62. The Balaban J connectivity index is 3.12. The van der Waals surface area contributed by atoms with Crippen LogP contribution in [0.25, 0.3) is 0 Å². The number of cyclic esters (lactones) is 1. The summed E-state index contributed by atoms with van der Waals surface area (Å²) in [5.74, 6) is -8.26. The van der Waals surface area contributed by atoms with Gasteiger partial charge in [0.25, 0.3) is 0 Å². The third kappa shape index (κ3) is 22.2. The molecular formula is C41H74N10O11. The topological polar surface area (TPSA) is 346 Å². The minimum atomic E-state index is -1.64. The van der Waals surface area contributed by atoms with E-state index in [9.17, 15) is 48.6 Å². The zero-order chi connectivity index (χ0) is 46.9. The summed E-state index contributed by atoms with van der Waals surface area (Å²) in [4.78, 5) is 106. The van der Waals surface area contributed by atoms with Gasteiger partial charge < -0.3 is 63.6 Å². The first kappa shape index (κ1) is 55.0. The quantitative estimate of drug-likeness (QED) is 0.0268. The van der Waals surface area contributed by atoms with Crippen molar-refractivity contribution in [1.29, 1.82) is 5.41 Å². The fourth-order valence-corrected chi connectivity index (χ4v) is 6.59. The number of carbonyl (C=O) groups is 8. The van der Waals surface area contributed by atoms with E-state index in [1.165, 1.54) is 13.8 Å². The van der Waals surface area contributed by atoms with Gasteiger partial charge in [-0.2, -0.15) is 0 Å². The molecule has 1 rings (SSSR count). The molecule has 21 nitrogen and oxygen atoms in total. The molecule has 0 saturated carbocycles. The van der Waals surface area contributed by atoms with Gasteiger partial charge in [0.2, 0.25) is 41.4 Å². The molecule has 354 valence electrons. The highest BCUT2D eigenvalue weighted by atomic mass is 16.5. The van der Waals surface area contributed by atoms with Gasteiger partial charge in [0.15, 0.2) is 5.96 Å². The summed E-state index contributed by atoms with van der Waals surface area (Å²) in [6.45, 7) is 8.92. The molecule has 0 aromatic heterocycles. The fraction of sp³-hybridized carbons (Fsp3) is 0.780. The van der Waals surface area contributed by atoms with Crippen LogP contribution in [0.2, 0.25) is 0 Å². The van der Waals surface area contributed by atoms with Gasteiger partial charge in [0.1, 0.15) is 42.9 Å². The van der Waals surface area contributed by atoms with Crippen LogP contribution in [0.4, 0.5) is 0 Å². The van der Waals surface area contributed by atoms with Crippen molar-refractivity contribution in [2.75, 3.05) is 13.2 Å². The summed E-state index contributed by atoms with van der Waals surface area (Å²) in [5.41, 5.74) is 10.6. The van der Waals surface area contributed by atoms with Crippen molar-refractivity contribution in [1.82, 2.24) is 37.2 Å². The van der Waals surface area contributed by atoms with Crippen molar-refractivity contribution in [3.63, 3.8) is 0 Å². The zero-order valence-electron chi connectivity index (χ0n) is 37.3. The largest absolute Gasteiger partial charge is 0.461 e. The molecule has 8 atom stereocenters. The number of guanidine groups is 1. The van der Waals surface area contributed by atoms with Crippen LogP contribution in [0.3, 0.4) is 0 Å². The molecule has 7 amide bonds. The summed E-state index contributed by atoms with van der Waals surface area (Å²) in [5, 5.41) is 45.9. The van der Waals surface area contributed by atoms with Crippen LogP contribution >= 0.6 is 0 Å². The molecule has 8 unspecified atom stereocenters. The number of aliphatic hydroxyl groups excluding tert-OH is 2. The lowest BCUT2D eigenvalue weighted by molar-refractivity contribution is -0.150. The molecule has 0 bridgehead atoms. The number of amides is 7. The number of nitrogens with one attached hydrogen (secondary N) is 8. The van der Waals surface area contributed by atoms with Gasteiger partial charge >= 0.3 is 5.97 Å². The number of carbonyl (C=O) groups excluding carboxylic acids is 8. The van der Waals surface area contributed by atoms with Crippen LogP contribution in [-0.4, -0.2) is 125 Å². The first-order valence-corrected chi connectivity index (χ1v) is 21.8. The Morgan fingerprint density at radius 2 is 1.19 bits per heavy atom. The van der Waals surface area contributed by atoms with E-state index in [0.29, 0.717) is 19.4 Å². The Morgan fingerprint density at radius 3 is 1.69 bits per heavy atom. The van der Waals surface area contributed by atoms with Crippen LogP contribution in [0.1, 0.15) is 131 Å². The number of hydrogen-bond acceptors (Lipinski definition) is 12. The van der Waals surface area contributed by atoms with Crippen LogP contribution < -0.4 is 48.7 Å². The summed E-state index contributed by atoms with van der Waals surface area (Å²) >= 11 is 0. The fourth-order valence-electron chi connectivity index (χ4n) is 6.59. The number of aliphatic hydroxyl groups is 2. The van der Waals surface area contributed by atoms with E-state index in [0.717, 1.165) is 57.8 Å². The number of nitrogens with two attached hydrogens (primary N) is 2. The highest BCUT2D eigenvalue weighted by molar-refractivity contribution is 5.97. The Labute approximate surface area is 365 Å². The molecule has 0 aromatic carbocycles. The average Bonchev–Trinajstić information content (AvgIpc) is 3.18. The Morgan fingerprint density at radius 1 is 0.710 bits per heavy atom. The van der Waals surface area contributed by atoms with Crippen molar-refractivity contribution in [3.8, 4) is 0 Å². The number of primary amides is 1. The lowest BCUT2D eigenvalue weighted by Crippen LogP contribution is -2.62. The number of esters is 1. The Hall–Kier alpha value is -5.05. The monoisotopic (exact) mass is 883 g/mol. The molecule has 0 spiro atoms. The van der Waals surface area contributed by atoms with E-state index in [-0.39, 0.29) is 25.2 Å². The maximum atomic E-state index is 13.8. The van der Waals surface area contributed by atoms with Gasteiger partial charge in [-0.3, -0.25) is 39.0 Å². The molecule has 1 saturated heterocycles. The van der Waals surface area contributed by atoms with Crippen LogP contribution in [0.15, 0.2) is 0 Å². The predicted molar refractivity (Wildman–Crippen MR) is 229 cm³/mol. The Bertz CT molecular complexity index is 1500. The normalized spacial score (nSPS) is 23.3. The SMILES string of the molecule is CC1NC(=O)C(CCC(N)=O)NC(=O)C(C(C)O)NC(=O)C(C(C)C)NC(=O)C(C(C)C)NC(=O)C(NC(=O)CC(O)CCCCCCCCCCCCNC(=N)N)COC1=O. The summed E-state index contributed by atoms with van der Waals surface area (Å²) in [6.07, 6.45) is 6.87. The standard InChI is InChI=1S/C41H74N10O11/c1-23(2)32-37(58)50-33(24(3)4)38(59)51-34(26(6)52)39(60)48-28(18-19-30(42)54)35(56)46-25(5)40(61)62-22-29(36(57)49-32)47-31(55)21-27(53)17-15-13-11-9-7-8-10-12-14-16-20-45-41(43)44/h23-29,32-34,52-53H,7-22H2,1-6H3,(H2,42,54)(H,46,56)(H,47,55)(H,48,60)(H,49,57)(H,50,58)(H,51,59)(H4,43,44,45). The average molecular weight is 883 g/mol. The van der Waals surface area contributed by atoms with Crippen LogP contribution in [-0.2, 0) is 43.1 Å². The zero-order valence-corrected chi connectivity index (χ0v) is 37.3. The maximum absolute atomic E-state index is 13.8. The summed E-state index contributed by atoms with van der Waals surface area (Å²) < 4.78 is 5.35. The molecule has 0 aliphatic carbocycles. The highest BCUT2D eigenvalue weighted by Crippen LogP contribution is 2.14. The minimum Gasteiger partial charge on any atom is -0.461 e. The van der Waals surface area contributed by atoms with Gasteiger partial charge in [-0.05, 0) is 44.9 Å². The molecule has 62 heavy (non-hydrogen) atoms. The number of rotatable bonds is 22. The highest BCUT2D eigenvalue weighted by Gasteiger charge is 2.37. The van der Waals surface area contributed by atoms with E-state index < -0.39 is 114 Å². The van der Waals surface area contributed by atoms with Crippen molar-refractivity contribution in [3.05, 3.63) is 0 Å². The molecule has 0 aromatic rings. The van der Waals surface area contributed by atoms with Gasteiger partial charge in [-0.15, -0.1) is 0 Å². The number of unbranched alkanes of at least 4 members (excludes halogenated alkanes) is 9. The van der Waals surface area contributed by atoms with E-state index in [1.807, 2.05) is 0 Å². The molecule has 1 aliphatic heterocycles. The van der Waals surface area contributed by atoms with Crippen LogP contribution in [0.5, 0.6) is 0 Å². The summed E-state index contributed by atoms with van der Waals surface area (Å²) in [7, 11) is 0. The molecule has 1 aliphatic rings. The van der Waals surface area contributed by atoms with E-state index in [4.69, 9.17) is 21.6 Å². The molecule has 1 fully saturated rings. The third-order valence-corrected chi connectivity index (χ3v) is 10.3. The van der Waals surface area contributed by atoms with Crippen molar-refractivity contribution >= 4 is 53.3 Å². The molecule has 0 radical (unpaired) electrons. The molecule has 14 N–H and O–H groups in total. The van der Waals surface area contributed by atoms with E-state index in [1.54, 1.807) is 27.7 Å². The molecule has 1 heterocycles. The van der Waals surface area contributed by atoms with Gasteiger partial charge in [0.05, 0.1) is 18.6 Å². The van der Waals surface area contributed by atoms with Crippen molar-refractivity contribution in [2.45, 2.75) is 180 Å². The maximum Gasteiger partial charge on any atom is 0.328 e. The lowest BCUT2D eigenvalue weighted by atomic mass is 9.98. The van der Waals surface area contributed by atoms with Crippen molar-refractivity contribution in [2.24, 2.45) is 23.3 Å². The van der Waals surface area contributed by atoms with Crippen LogP contribution in [0, 0.1) is 17.2 Å². The first-order chi connectivity index (χ1) is 29.1. The number of hydrogen-bond donors (Lipinski definition) is 12. The third-order valence-electron chi connectivity index (χ3n) is 10.3. The van der Waals surface area contributed by atoms with Gasteiger partial charge in [-0.1, -0.05) is 85.5 Å². The second kappa shape index (κ2) is 29.3. The smallest absolute Gasteiger partial charge is 0.328 e. The van der Waals surface area contributed by atoms with Gasteiger partial charge in [0, 0.05) is 13.0 Å². The molecule has 21 heteroatoms. The minimum absolute atomic E-state index is 0.0123. The molecular weight excluding hydrogens is 809 g/mol. The van der Waals surface area contributed by atoms with Gasteiger partial charge in [-0.25, -0.2) is 4.79 Å². The second-order valence-electron chi connectivity index (χ2n) is 16.8. The van der Waals surface area contributed by atoms with Crippen molar-refractivity contribution < 1.29 is 53.3 Å². The first-order valence-electron chi connectivity index (χ1n) is 21.8. The second-order valence-corrected chi connectivity index (χ2v) is 16.8. The van der Waals surface area contributed by atoms with E-state index in [2.05, 4.69) is 37.2 Å². The number of ether oxygens (including phenoxy) is 1. The lowest BCUT2D eigenvalue weighted by Gasteiger charge is -2.30.